The van der Waals surface area contributed by atoms with Gasteiger partial charge < -0.3 is 16.2 Å². The number of rotatable bonds is 5. The number of carbonyl (C=O) groups is 1. The van der Waals surface area contributed by atoms with Crippen molar-refractivity contribution in [1.29, 1.82) is 0 Å². The summed E-state index contributed by atoms with van der Waals surface area (Å²) in [4.78, 5) is 11.7. The van der Waals surface area contributed by atoms with E-state index in [2.05, 4.69) is 0 Å². The molecule has 0 aliphatic heterocycles. The van der Waals surface area contributed by atoms with Gasteiger partial charge in [-0.3, -0.25) is 0 Å². The molecule has 0 aliphatic rings. The van der Waals surface area contributed by atoms with Gasteiger partial charge in [0.1, 0.15) is 0 Å². The van der Waals surface area contributed by atoms with Crippen LogP contribution in [0.15, 0.2) is 42.8 Å². The normalized spacial score (nSPS) is 11.2. The molecule has 0 heterocycles. The van der Waals surface area contributed by atoms with Gasteiger partial charge in [0.15, 0.2) is 0 Å². The number of ether oxygens (including phenoxy) is 1. The van der Waals surface area contributed by atoms with E-state index >= 15 is 0 Å². The fraction of sp³-hybridized carbons (Fsp3) is 0.214. The minimum absolute atomic E-state index is 0.339. The quantitative estimate of drug-likeness (QED) is 0.772. The molecule has 18 heavy (non-hydrogen) atoms. The van der Waals surface area contributed by atoms with Crippen molar-refractivity contribution in [2.45, 2.75) is 12.8 Å². The Morgan fingerprint density at radius 3 is 2.50 bits per heavy atom. The zero-order valence-corrected chi connectivity index (χ0v) is 10.4. The molecule has 0 radical (unpaired) electrons. The van der Waals surface area contributed by atoms with Crippen LogP contribution in [-0.4, -0.2) is 13.1 Å². The van der Waals surface area contributed by atoms with Crippen molar-refractivity contribution >= 4 is 5.97 Å². The lowest BCUT2D eigenvalue weighted by Gasteiger charge is -2.08. The number of esters is 1. The predicted octanol–water partition coefficient (Wildman–Crippen LogP) is 1.50. The summed E-state index contributed by atoms with van der Waals surface area (Å²) in [5.74, 6) is -0.339. The Bertz CT molecular complexity index is 465. The van der Waals surface area contributed by atoms with Crippen molar-refractivity contribution < 1.29 is 9.53 Å². The van der Waals surface area contributed by atoms with Crippen LogP contribution in [0.2, 0.25) is 0 Å². The molecule has 1 rings (SSSR count). The second kappa shape index (κ2) is 7.17. The van der Waals surface area contributed by atoms with E-state index in [1.807, 2.05) is 24.3 Å². The largest absolute Gasteiger partial charge is 0.465 e. The van der Waals surface area contributed by atoms with Crippen LogP contribution < -0.4 is 11.5 Å². The van der Waals surface area contributed by atoms with Crippen LogP contribution in [0.5, 0.6) is 0 Å². The zero-order valence-electron chi connectivity index (χ0n) is 10.4. The highest BCUT2D eigenvalue weighted by Gasteiger charge is 2.11. The summed E-state index contributed by atoms with van der Waals surface area (Å²) in [6.45, 7) is 0. The molecule has 4 heteroatoms. The molecule has 0 aromatic heterocycles. The maximum absolute atomic E-state index is 11.7. The lowest BCUT2D eigenvalue weighted by Crippen LogP contribution is -2.06. The fourth-order valence-corrected chi connectivity index (χ4v) is 1.63. The highest BCUT2D eigenvalue weighted by Crippen LogP contribution is 2.15. The molecule has 0 aliphatic carbocycles. The standard InChI is InChI=1S/C14H18N2O2/c1-18-14(17)13-10-11(4-2-8-15)6-7-12(13)5-3-9-16/h2-3,6-10H,4-5,15-16H2,1H3. The molecule has 0 fully saturated rings. The minimum atomic E-state index is -0.339. The van der Waals surface area contributed by atoms with Gasteiger partial charge in [-0.1, -0.05) is 24.3 Å². The van der Waals surface area contributed by atoms with Crippen LogP contribution in [0.4, 0.5) is 0 Å². The van der Waals surface area contributed by atoms with Crippen LogP contribution in [0.3, 0.4) is 0 Å². The molecular formula is C14H18N2O2. The van der Waals surface area contributed by atoms with Gasteiger partial charge in [-0.15, -0.1) is 0 Å². The van der Waals surface area contributed by atoms with Crippen molar-refractivity contribution in [1.82, 2.24) is 0 Å². The maximum Gasteiger partial charge on any atom is 0.338 e. The molecule has 0 bridgehead atoms. The second-order valence-corrected chi connectivity index (χ2v) is 3.75. The van der Waals surface area contributed by atoms with Crippen molar-refractivity contribution in [2.24, 2.45) is 11.5 Å². The number of carbonyl (C=O) groups excluding carboxylic acids is 1. The summed E-state index contributed by atoms with van der Waals surface area (Å²) in [7, 11) is 1.37. The van der Waals surface area contributed by atoms with Crippen LogP contribution >= 0.6 is 0 Å². The average Bonchev–Trinajstić information content (AvgIpc) is 2.42. The summed E-state index contributed by atoms with van der Waals surface area (Å²) in [5.41, 5.74) is 13.1. The fourth-order valence-electron chi connectivity index (χ4n) is 1.63. The molecule has 4 nitrogen and oxygen atoms in total. The lowest BCUT2D eigenvalue weighted by atomic mass is 10.00. The molecule has 0 amide bonds. The van der Waals surface area contributed by atoms with Gasteiger partial charge in [0.2, 0.25) is 0 Å². The first-order chi connectivity index (χ1) is 8.72. The maximum atomic E-state index is 11.7. The van der Waals surface area contributed by atoms with Gasteiger partial charge in [0, 0.05) is 0 Å². The van der Waals surface area contributed by atoms with Gasteiger partial charge >= 0.3 is 5.97 Å². The molecule has 0 saturated carbocycles. The van der Waals surface area contributed by atoms with E-state index in [0.29, 0.717) is 18.4 Å². The summed E-state index contributed by atoms with van der Waals surface area (Å²) in [5, 5.41) is 0. The molecule has 0 spiro atoms. The van der Waals surface area contributed by atoms with E-state index in [-0.39, 0.29) is 5.97 Å². The van der Waals surface area contributed by atoms with Crippen LogP contribution in [0.1, 0.15) is 21.5 Å². The van der Waals surface area contributed by atoms with Gasteiger partial charge in [0.25, 0.3) is 0 Å². The second-order valence-electron chi connectivity index (χ2n) is 3.75. The highest BCUT2D eigenvalue weighted by atomic mass is 16.5. The first kappa shape index (κ1) is 13.8. The molecule has 0 atom stereocenters. The summed E-state index contributed by atoms with van der Waals surface area (Å²) >= 11 is 0. The number of nitrogens with two attached hydrogens (primary N) is 2. The summed E-state index contributed by atoms with van der Waals surface area (Å²) in [6.07, 6.45) is 7.87. The van der Waals surface area contributed by atoms with Gasteiger partial charge in [-0.2, -0.15) is 0 Å². The Hall–Kier alpha value is -2.23. The summed E-state index contributed by atoms with van der Waals surface area (Å²) in [6, 6.07) is 5.70. The number of methoxy groups -OCH3 is 1. The molecule has 96 valence electrons. The lowest BCUT2D eigenvalue weighted by molar-refractivity contribution is 0.0599. The van der Waals surface area contributed by atoms with Gasteiger partial charge in [0.05, 0.1) is 12.7 Å². The van der Waals surface area contributed by atoms with Gasteiger partial charge in [-0.05, 0) is 42.4 Å². The average molecular weight is 246 g/mol. The number of hydrogen-bond acceptors (Lipinski definition) is 4. The van der Waals surface area contributed by atoms with Crippen molar-refractivity contribution in [3.8, 4) is 0 Å². The Labute approximate surface area is 107 Å². The van der Waals surface area contributed by atoms with E-state index in [0.717, 1.165) is 11.1 Å². The molecule has 0 saturated heterocycles. The van der Waals surface area contributed by atoms with E-state index in [1.165, 1.54) is 19.5 Å². The molecule has 0 unspecified atom stereocenters. The van der Waals surface area contributed by atoms with Crippen LogP contribution in [0, 0.1) is 0 Å². The Morgan fingerprint density at radius 2 is 1.89 bits per heavy atom. The Morgan fingerprint density at radius 1 is 1.22 bits per heavy atom. The van der Waals surface area contributed by atoms with Crippen molar-refractivity contribution in [3.63, 3.8) is 0 Å². The molecular weight excluding hydrogens is 228 g/mol. The third-order valence-corrected chi connectivity index (χ3v) is 2.54. The first-order valence-corrected chi connectivity index (χ1v) is 5.66. The molecule has 4 N–H and O–H groups in total. The van der Waals surface area contributed by atoms with Crippen LogP contribution in [0.25, 0.3) is 0 Å². The van der Waals surface area contributed by atoms with Crippen molar-refractivity contribution in [3.05, 3.63) is 59.4 Å². The Balaban J connectivity index is 3.07. The number of allylic oxidation sites excluding steroid dienone is 2. The van der Waals surface area contributed by atoms with E-state index in [9.17, 15) is 4.79 Å². The van der Waals surface area contributed by atoms with Gasteiger partial charge in [-0.25, -0.2) is 4.79 Å². The topological polar surface area (TPSA) is 78.3 Å². The minimum Gasteiger partial charge on any atom is -0.465 e. The van der Waals surface area contributed by atoms with E-state index < -0.39 is 0 Å². The third-order valence-electron chi connectivity index (χ3n) is 2.54. The third kappa shape index (κ3) is 3.66. The smallest absolute Gasteiger partial charge is 0.338 e. The SMILES string of the molecule is COC(=O)c1cc(CC=CN)ccc1CC=CN. The Kier molecular flexibility index (Phi) is 5.51. The van der Waals surface area contributed by atoms with Crippen LogP contribution in [-0.2, 0) is 17.6 Å². The van der Waals surface area contributed by atoms with E-state index in [4.69, 9.17) is 16.2 Å². The zero-order chi connectivity index (χ0) is 13.4. The van der Waals surface area contributed by atoms with E-state index in [1.54, 1.807) is 6.08 Å². The van der Waals surface area contributed by atoms with Crippen molar-refractivity contribution in [2.75, 3.05) is 7.11 Å². The molecule has 1 aromatic carbocycles. The summed E-state index contributed by atoms with van der Waals surface area (Å²) < 4.78 is 4.78. The monoisotopic (exact) mass is 246 g/mol. The predicted molar refractivity (Wildman–Crippen MR) is 71.8 cm³/mol. The number of hydrogen-bond donors (Lipinski definition) is 2. The molecule has 1 aromatic rings. The highest BCUT2D eigenvalue weighted by molar-refractivity contribution is 5.91. The first-order valence-electron chi connectivity index (χ1n) is 5.66. The number of benzene rings is 1.